The van der Waals surface area contributed by atoms with Gasteiger partial charge in [-0.05, 0) is 54.8 Å². The number of aromatic amines is 1. The van der Waals surface area contributed by atoms with Crippen LogP contribution >= 0.6 is 11.6 Å². The molecule has 1 aliphatic rings. The predicted octanol–water partition coefficient (Wildman–Crippen LogP) is 4.30. The van der Waals surface area contributed by atoms with Gasteiger partial charge in [-0.15, -0.1) is 0 Å². The van der Waals surface area contributed by atoms with Crippen LogP contribution < -0.4 is 5.32 Å². The predicted molar refractivity (Wildman–Crippen MR) is 123 cm³/mol. The van der Waals surface area contributed by atoms with Gasteiger partial charge in [0.25, 0.3) is 5.91 Å². The van der Waals surface area contributed by atoms with Crippen LogP contribution in [0.25, 0.3) is 10.9 Å². The average Bonchev–Trinajstić information content (AvgIpc) is 3.16. The van der Waals surface area contributed by atoms with E-state index < -0.39 is 6.04 Å². The Morgan fingerprint density at radius 2 is 2.09 bits per heavy atom. The van der Waals surface area contributed by atoms with Crippen LogP contribution in [0.1, 0.15) is 40.1 Å². The van der Waals surface area contributed by atoms with E-state index in [1.807, 2.05) is 36.4 Å². The zero-order valence-corrected chi connectivity index (χ0v) is 18.9. The second-order valence-electron chi connectivity index (χ2n) is 7.63. The molecule has 0 spiro atoms. The van der Waals surface area contributed by atoms with Gasteiger partial charge in [0.15, 0.2) is 0 Å². The van der Waals surface area contributed by atoms with E-state index in [-0.39, 0.29) is 12.0 Å². The van der Waals surface area contributed by atoms with Gasteiger partial charge in [-0.3, -0.25) is 9.69 Å². The highest BCUT2D eigenvalue weighted by molar-refractivity contribution is 6.31. The number of hydrogen-bond donors (Lipinski definition) is 2. The summed E-state index contributed by atoms with van der Waals surface area (Å²) in [5, 5.41) is 4.56. The van der Waals surface area contributed by atoms with Crippen LogP contribution in [0.2, 0.25) is 5.02 Å². The Kier molecular flexibility index (Phi) is 6.67. The van der Waals surface area contributed by atoms with Gasteiger partial charge in [0, 0.05) is 47.4 Å². The van der Waals surface area contributed by atoms with Crippen LogP contribution in [0.15, 0.2) is 42.5 Å². The van der Waals surface area contributed by atoms with Gasteiger partial charge < -0.3 is 19.8 Å². The lowest BCUT2D eigenvalue weighted by Gasteiger charge is -2.35. The lowest BCUT2D eigenvalue weighted by Crippen LogP contribution is -2.41. The van der Waals surface area contributed by atoms with E-state index in [4.69, 9.17) is 21.1 Å². The van der Waals surface area contributed by atoms with Crippen LogP contribution in [0.4, 0.5) is 4.79 Å². The summed E-state index contributed by atoms with van der Waals surface area (Å²) >= 11 is 6.25. The molecule has 1 aromatic heterocycles. The fourth-order valence-electron chi connectivity index (χ4n) is 4.23. The summed E-state index contributed by atoms with van der Waals surface area (Å²) < 4.78 is 10.3. The highest BCUT2D eigenvalue weighted by Gasteiger charge is 2.35. The maximum absolute atomic E-state index is 12.8. The van der Waals surface area contributed by atoms with Crippen molar-refractivity contribution in [2.45, 2.75) is 19.4 Å². The van der Waals surface area contributed by atoms with Crippen molar-refractivity contribution in [3.63, 3.8) is 0 Å². The molecule has 2 N–H and O–H groups in total. The van der Waals surface area contributed by atoms with Gasteiger partial charge in [-0.25, -0.2) is 4.79 Å². The van der Waals surface area contributed by atoms with E-state index in [9.17, 15) is 9.59 Å². The number of nitrogens with zero attached hydrogens (tertiary/aromatic N) is 1. The number of carbonyl (C=O) groups is 2. The first-order chi connectivity index (χ1) is 15.5. The first kappa shape index (κ1) is 22.2. The molecule has 7 nitrogen and oxygen atoms in total. The Balaban J connectivity index is 1.77. The first-order valence-corrected chi connectivity index (χ1v) is 11.0. The summed E-state index contributed by atoms with van der Waals surface area (Å²) in [6, 6.07) is 12.7. The van der Waals surface area contributed by atoms with Gasteiger partial charge in [-0.2, -0.15) is 0 Å². The number of rotatable bonds is 6. The number of ether oxygens (including phenoxy) is 2. The van der Waals surface area contributed by atoms with Crippen LogP contribution in [0, 0.1) is 0 Å². The highest BCUT2D eigenvalue weighted by atomic mass is 35.5. The molecule has 2 amide bonds. The molecular weight excluding hydrogens is 430 g/mol. The first-order valence-electron chi connectivity index (χ1n) is 10.6. The molecule has 0 bridgehead atoms. The number of methoxy groups -OCH3 is 1. The van der Waals surface area contributed by atoms with E-state index in [1.165, 1.54) is 0 Å². The second kappa shape index (κ2) is 9.63. The largest absolute Gasteiger partial charge is 0.450 e. The van der Waals surface area contributed by atoms with Crippen molar-refractivity contribution in [3.05, 3.63) is 69.9 Å². The summed E-state index contributed by atoms with van der Waals surface area (Å²) in [6.45, 7) is 3.44. The lowest BCUT2D eigenvalue weighted by molar-refractivity contribution is 0.0931. The standard InChI is InChI=1S/C24H26ClN3O4/c1-3-32-24(30)28-11-9-18-19-14-17(25)7-8-20(19)27-21(18)22(28)15-5-4-6-16(13-15)23(29)26-10-12-31-2/h4-8,13-14,22,27H,3,9-12H2,1-2H3,(H,26,29). The third kappa shape index (κ3) is 4.31. The van der Waals surface area contributed by atoms with Gasteiger partial charge >= 0.3 is 6.09 Å². The fourth-order valence-corrected chi connectivity index (χ4v) is 4.40. The van der Waals surface area contributed by atoms with Crippen molar-refractivity contribution in [2.24, 2.45) is 0 Å². The summed E-state index contributed by atoms with van der Waals surface area (Å²) in [5.41, 5.74) is 4.36. The van der Waals surface area contributed by atoms with E-state index >= 15 is 0 Å². The van der Waals surface area contributed by atoms with Gasteiger partial charge in [0.2, 0.25) is 0 Å². The Morgan fingerprint density at radius 1 is 1.25 bits per heavy atom. The Bertz CT molecular complexity index is 1140. The number of H-pyrrole nitrogens is 1. The quantitative estimate of drug-likeness (QED) is 0.543. The number of benzene rings is 2. The van der Waals surface area contributed by atoms with Crippen molar-refractivity contribution in [1.82, 2.24) is 15.2 Å². The number of halogens is 1. The Hall–Kier alpha value is -3.03. The highest BCUT2D eigenvalue weighted by Crippen LogP contribution is 2.39. The third-order valence-corrected chi connectivity index (χ3v) is 5.88. The minimum Gasteiger partial charge on any atom is -0.450 e. The smallest absolute Gasteiger partial charge is 0.410 e. The summed E-state index contributed by atoms with van der Waals surface area (Å²) in [5.74, 6) is -0.189. The summed E-state index contributed by atoms with van der Waals surface area (Å²) in [7, 11) is 1.59. The number of nitrogens with one attached hydrogen (secondary N) is 2. The molecule has 8 heteroatoms. The molecule has 0 saturated carbocycles. The van der Waals surface area contributed by atoms with Gasteiger partial charge in [-0.1, -0.05) is 23.7 Å². The molecule has 32 heavy (non-hydrogen) atoms. The average molecular weight is 456 g/mol. The minimum absolute atomic E-state index is 0.189. The normalized spacial score (nSPS) is 15.5. The molecule has 4 rings (SSSR count). The van der Waals surface area contributed by atoms with Crippen LogP contribution in [-0.2, 0) is 15.9 Å². The van der Waals surface area contributed by atoms with Crippen molar-refractivity contribution in [3.8, 4) is 0 Å². The van der Waals surface area contributed by atoms with Crippen LogP contribution in [0.5, 0.6) is 0 Å². The summed E-state index contributed by atoms with van der Waals surface area (Å²) in [4.78, 5) is 30.6. The molecule has 1 aliphatic heterocycles. The van der Waals surface area contributed by atoms with Crippen molar-refractivity contribution >= 4 is 34.5 Å². The van der Waals surface area contributed by atoms with Crippen LogP contribution in [-0.4, -0.2) is 55.3 Å². The number of fused-ring (bicyclic) bond motifs is 3. The fraction of sp³-hybridized carbons (Fsp3) is 0.333. The molecule has 0 radical (unpaired) electrons. The molecule has 1 atom stereocenters. The lowest BCUT2D eigenvalue weighted by atomic mass is 9.92. The second-order valence-corrected chi connectivity index (χ2v) is 8.06. The number of aromatic nitrogens is 1. The van der Waals surface area contributed by atoms with E-state index in [1.54, 1.807) is 25.0 Å². The molecule has 2 aromatic carbocycles. The van der Waals surface area contributed by atoms with E-state index in [0.717, 1.165) is 27.7 Å². The maximum Gasteiger partial charge on any atom is 0.410 e. The molecule has 1 unspecified atom stereocenters. The zero-order chi connectivity index (χ0) is 22.7. The van der Waals surface area contributed by atoms with E-state index in [2.05, 4.69) is 10.3 Å². The maximum atomic E-state index is 12.8. The molecule has 0 aliphatic carbocycles. The van der Waals surface area contributed by atoms with Crippen LogP contribution in [0.3, 0.4) is 0 Å². The van der Waals surface area contributed by atoms with Crippen molar-refractivity contribution in [2.75, 3.05) is 33.4 Å². The van der Waals surface area contributed by atoms with Crippen molar-refractivity contribution in [1.29, 1.82) is 0 Å². The van der Waals surface area contributed by atoms with Gasteiger partial charge in [0.05, 0.1) is 13.2 Å². The molecule has 0 fully saturated rings. The molecular formula is C24H26ClN3O4. The zero-order valence-electron chi connectivity index (χ0n) is 18.1. The molecule has 3 aromatic rings. The summed E-state index contributed by atoms with van der Waals surface area (Å²) in [6.07, 6.45) is 0.303. The SMILES string of the molecule is CCOC(=O)N1CCc2c([nH]c3ccc(Cl)cc23)C1c1cccc(C(=O)NCCOC)c1. The van der Waals surface area contributed by atoms with Gasteiger partial charge in [0.1, 0.15) is 6.04 Å². The Labute approximate surface area is 191 Å². The molecule has 2 heterocycles. The molecule has 0 saturated heterocycles. The number of amides is 2. The third-order valence-electron chi connectivity index (χ3n) is 5.65. The molecule has 168 valence electrons. The number of carbonyl (C=O) groups excluding carboxylic acids is 2. The number of hydrogen-bond acceptors (Lipinski definition) is 4. The van der Waals surface area contributed by atoms with E-state index in [0.29, 0.717) is 43.3 Å². The van der Waals surface area contributed by atoms with Crippen molar-refractivity contribution < 1.29 is 19.1 Å². The minimum atomic E-state index is -0.407. The monoisotopic (exact) mass is 455 g/mol. The Morgan fingerprint density at radius 3 is 2.88 bits per heavy atom. The topological polar surface area (TPSA) is 83.7 Å².